The SMILES string of the molecule is Cc1ccc(Cl)cc1N1CCN(CCNc2ccc(-c3nc(-c4ccc(F)cc4)no3)cn2)CC1. The summed E-state index contributed by atoms with van der Waals surface area (Å²) in [5.74, 6) is 1.27. The van der Waals surface area contributed by atoms with Crippen LogP contribution < -0.4 is 10.2 Å². The second-order valence-corrected chi connectivity index (χ2v) is 8.98. The van der Waals surface area contributed by atoms with Crippen LogP contribution in [0.15, 0.2) is 65.3 Å². The van der Waals surface area contributed by atoms with Crippen molar-refractivity contribution in [1.82, 2.24) is 20.0 Å². The zero-order valence-corrected chi connectivity index (χ0v) is 20.2. The van der Waals surface area contributed by atoms with Gasteiger partial charge in [0.15, 0.2) is 0 Å². The summed E-state index contributed by atoms with van der Waals surface area (Å²) in [6.45, 7) is 7.86. The lowest BCUT2D eigenvalue weighted by Gasteiger charge is -2.36. The van der Waals surface area contributed by atoms with Gasteiger partial charge in [0.25, 0.3) is 5.89 Å². The van der Waals surface area contributed by atoms with Gasteiger partial charge in [-0.3, -0.25) is 4.90 Å². The normalized spacial score (nSPS) is 14.3. The summed E-state index contributed by atoms with van der Waals surface area (Å²) in [7, 11) is 0. The van der Waals surface area contributed by atoms with Gasteiger partial charge in [0.1, 0.15) is 11.6 Å². The second kappa shape index (κ2) is 10.4. The molecular weight excluding hydrogens is 467 g/mol. The van der Waals surface area contributed by atoms with Crippen molar-refractivity contribution >= 4 is 23.1 Å². The van der Waals surface area contributed by atoms with Crippen LogP contribution in [0.3, 0.4) is 0 Å². The number of hydrogen-bond acceptors (Lipinski definition) is 7. The van der Waals surface area contributed by atoms with E-state index in [9.17, 15) is 4.39 Å². The van der Waals surface area contributed by atoms with E-state index >= 15 is 0 Å². The number of aromatic nitrogens is 3. The molecule has 180 valence electrons. The first kappa shape index (κ1) is 23.3. The molecular formula is C26H26ClFN6O. The Bertz CT molecular complexity index is 1270. The molecule has 2 aromatic carbocycles. The quantitative estimate of drug-likeness (QED) is 0.383. The zero-order chi connectivity index (χ0) is 24.2. The van der Waals surface area contributed by atoms with E-state index in [1.165, 1.54) is 23.4 Å². The molecule has 0 unspecified atom stereocenters. The van der Waals surface area contributed by atoms with E-state index in [2.05, 4.69) is 49.3 Å². The van der Waals surface area contributed by atoms with Crippen LogP contribution in [0.5, 0.6) is 0 Å². The van der Waals surface area contributed by atoms with Gasteiger partial charge >= 0.3 is 0 Å². The summed E-state index contributed by atoms with van der Waals surface area (Å²) in [6, 6.07) is 15.8. The summed E-state index contributed by atoms with van der Waals surface area (Å²) < 4.78 is 18.5. The summed E-state index contributed by atoms with van der Waals surface area (Å²) in [4.78, 5) is 13.7. The van der Waals surface area contributed by atoms with Crippen molar-refractivity contribution < 1.29 is 8.91 Å². The monoisotopic (exact) mass is 492 g/mol. The van der Waals surface area contributed by atoms with Gasteiger partial charge in [-0.2, -0.15) is 4.98 Å². The minimum absolute atomic E-state index is 0.306. The lowest BCUT2D eigenvalue weighted by atomic mass is 10.1. The highest BCUT2D eigenvalue weighted by Gasteiger charge is 2.18. The third-order valence-electron chi connectivity index (χ3n) is 6.16. The molecule has 1 N–H and O–H groups in total. The van der Waals surface area contributed by atoms with Gasteiger partial charge in [-0.1, -0.05) is 22.8 Å². The van der Waals surface area contributed by atoms with E-state index in [0.29, 0.717) is 17.3 Å². The average molecular weight is 493 g/mol. The second-order valence-electron chi connectivity index (χ2n) is 8.55. The number of aryl methyl sites for hydroxylation is 1. The Balaban J connectivity index is 1.10. The van der Waals surface area contributed by atoms with Gasteiger partial charge in [0, 0.05) is 61.7 Å². The van der Waals surface area contributed by atoms with Crippen molar-refractivity contribution in [2.75, 3.05) is 49.5 Å². The van der Waals surface area contributed by atoms with Gasteiger partial charge in [0.2, 0.25) is 5.82 Å². The number of halogens is 2. The standard InChI is InChI=1S/C26H26ClFN6O/c1-18-2-6-21(27)16-23(18)34-14-12-33(13-15-34)11-10-29-24-9-5-20(17-30-24)26-31-25(32-35-26)19-3-7-22(28)8-4-19/h2-9,16-17H,10-15H2,1H3,(H,29,30). The van der Waals surface area contributed by atoms with Crippen molar-refractivity contribution in [3.8, 4) is 22.8 Å². The number of rotatable bonds is 7. The van der Waals surface area contributed by atoms with Crippen LogP contribution >= 0.6 is 11.6 Å². The van der Waals surface area contributed by atoms with Gasteiger partial charge in [-0.05, 0) is 61.0 Å². The molecule has 4 aromatic rings. The fourth-order valence-electron chi connectivity index (χ4n) is 4.16. The molecule has 0 aliphatic carbocycles. The van der Waals surface area contributed by atoms with Crippen LogP contribution in [-0.2, 0) is 0 Å². The molecule has 3 heterocycles. The van der Waals surface area contributed by atoms with Crippen molar-refractivity contribution in [2.24, 2.45) is 0 Å². The number of nitrogens with zero attached hydrogens (tertiary/aromatic N) is 5. The molecule has 1 saturated heterocycles. The summed E-state index contributed by atoms with van der Waals surface area (Å²) >= 11 is 6.19. The summed E-state index contributed by atoms with van der Waals surface area (Å²) in [5.41, 5.74) is 3.90. The minimum atomic E-state index is -0.306. The Kier molecular flexibility index (Phi) is 6.92. The maximum atomic E-state index is 13.1. The molecule has 0 radical (unpaired) electrons. The molecule has 0 spiro atoms. The van der Waals surface area contributed by atoms with Gasteiger partial charge in [0.05, 0.1) is 5.56 Å². The highest BCUT2D eigenvalue weighted by molar-refractivity contribution is 6.30. The van der Waals surface area contributed by atoms with Gasteiger partial charge in [-0.15, -0.1) is 0 Å². The number of pyridine rings is 1. The van der Waals surface area contributed by atoms with Crippen LogP contribution in [0.2, 0.25) is 5.02 Å². The number of anilines is 2. The first-order chi connectivity index (χ1) is 17.0. The molecule has 0 bridgehead atoms. The average Bonchev–Trinajstić information content (AvgIpc) is 3.37. The molecule has 35 heavy (non-hydrogen) atoms. The van der Waals surface area contributed by atoms with Crippen molar-refractivity contribution in [3.05, 3.63) is 77.2 Å². The molecule has 7 nitrogen and oxygen atoms in total. The maximum absolute atomic E-state index is 13.1. The highest BCUT2D eigenvalue weighted by Crippen LogP contribution is 2.25. The lowest BCUT2D eigenvalue weighted by Crippen LogP contribution is -2.47. The lowest BCUT2D eigenvalue weighted by molar-refractivity contribution is 0.267. The van der Waals surface area contributed by atoms with Crippen molar-refractivity contribution in [1.29, 1.82) is 0 Å². The minimum Gasteiger partial charge on any atom is -0.369 e. The molecule has 0 atom stereocenters. The topological polar surface area (TPSA) is 70.3 Å². The predicted molar refractivity (Wildman–Crippen MR) is 136 cm³/mol. The maximum Gasteiger partial charge on any atom is 0.259 e. The fourth-order valence-corrected chi connectivity index (χ4v) is 4.33. The van der Waals surface area contributed by atoms with E-state index in [1.807, 2.05) is 18.2 Å². The Morgan fingerprint density at radius 2 is 1.77 bits per heavy atom. The van der Waals surface area contributed by atoms with Gasteiger partial charge in [-0.25, -0.2) is 9.37 Å². The first-order valence-electron chi connectivity index (χ1n) is 11.6. The third-order valence-corrected chi connectivity index (χ3v) is 6.39. The zero-order valence-electron chi connectivity index (χ0n) is 19.4. The molecule has 5 rings (SSSR count). The van der Waals surface area contributed by atoms with E-state index in [-0.39, 0.29) is 5.82 Å². The van der Waals surface area contributed by atoms with Crippen molar-refractivity contribution in [3.63, 3.8) is 0 Å². The predicted octanol–water partition coefficient (Wildman–Crippen LogP) is 5.13. The van der Waals surface area contributed by atoms with E-state index in [1.54, 1.807) is 18.3 Å². The van der Waals surface area contributed by atoms with Crippen LogP contribution in [0.25, 0.3) is 22.8 Å². The van der Waals surface area contributed by atoms with Crippen LogP contribution in [0.1, 0.15) is 5.56 Å². The Labute approximate surface area is 208 Å². The first-order valence-corrected chi connectivity index (χ1v) is 12.0. The van der Waals surface area contributed by atoms with E-state index in [0.717, 1.165) is 55.7 Å². The fraction of sp³-hybridized carbons (Fsp3) is 0.269. The number of benzene rings is 2. The van der Waals surface area contributed by atoms with Crippen LogP contribution in [-0.4, -0.2) is 59.3 Å². The smallest absolute Gasteiger partial charge is 0.259 e. The Morgan fingerprint density at radius 1 is 1.00 bits per heavy atom. The molecule has 1 fully saturated rings. The number of piperazine rings is 1. The molecule has 1 aliphatic rings. The molecule has 2 aromatic heterocycles. The van der Waals surface area contributed by atoms with E-state index < -0.39 is 0 Å². The summed E-state index contributed by atoms with van der Waals surface area (Å²) in [6.07, 6.45) is 1.70. The molecule has 9 heteroatoms. The van der Waals surface area contributed by atoms with Crippen LogP contribution in [0.4, 0.5) is 15.9 Å². The third kappa shape index (κ3) is 5.61. The Hall–Kier alpha value is -3.49. The van der Waals surface area contributed by atoms with Crippen molar-refractivity contribution in [2.45, 2.75) is 6.92 Å². The van der Waals surface area contributed by atoms with Gasteiger partial charge < -0.3 is 14.7 Å². The van der Waals surface area contributed by atoms with Crippen LogP contribution in [0, 0.1) is 12.7 Å². The highest BCUT2D eigenvalue weighted by atomic mass is 35.5. The molecule has 0 saturated carbocycles. The Morgan fingerprint density at radius 3 is 2.51 bits per heavy atom. The largest absolute Gasteiger partial charge is 0.369 e. The number of nitrogens with one attached hydrogen (secondary N) is 1. The summed E-state index contributed by atoms with van der Waals surface area (Å²) in [5, 5.41) is 8.14. The molecule has 1 aliphatic heterocycles. The number of hydrogen-bond donors (Lipinski definition) is 1. The van der Waals surface area contributed by atoms with E-state index in [4.69, 9.17) is 16.1 Å². The molecule has 0 amide bonds.